The van der Waals surface area contributed by atoms with E-state index in [4.69, 9.17) is 16.4 Å². The lowest BCUT2D eigenvalue weighted by Crippen LogP contribution is -2.19. The molecule has 0 unspecified atom stereocenters. The minimum absolute atomic E-state index is 0.101. The zero-order valence-corrected chi connectivity index (χ0v) is 14.7. The number of halogens is 1. The summed E-state index contributed by atoms with van der Waals surface area (Å²) in [5.74, 6) is -0.101. The lowest BCUT2D eigenvalue weighted by atomic mass is 10.1. The van der Waals surface area contributed by atoms with Gasteiger partial charge in [-0.3, -0.25) is 9.78 Å². The Morgan fingerprint density at radius 1 is 1.29 bits per heavy atom. The standard InChI is InChI=1S/C18H20ClN3O2/c1-12-5-4-6-17(21-12)11-24-22-13(2)15-7-8-18(19)16(9-15)10-20-14(3)23/h4-9H,10-11H2,1-3H3,(H,20,23). The molecule has 5 nitrogen and oxygen atoms in total. The molecular formula is C18H20ClN3O2. The minimum Gasteiger partial charge on any atom is -0.389 e. The molecule has 126 valence electrons. The Bertz CT molecular complexity index is 760. The van der Waals surface area contributed by atoms with Gasteiger partial charge in [-0.1, -0.05) is 28.9 Å². The van der Waals surface area contributed by atoms with Gasteiger partial charge in [0.15, 0.2) is 6.61 Å². The van der Waals surface area contributed by atoms with Gasteiger partial charge in [0.2, 0.25) is 5.91 Å². The van der Waals surface area contributed by atoms with E-state index in [0.717, 1.165) is 28.2 Å². The summed E-state index contributed by atoms with van der Waals surface area (Å²) in [6.07, 6.45) is 0. The Balaban J connectivity index is 2.04. The van der Waals surface area contributed by atoms with Crippen molar-refractivity contribution in [3.63, 3.8) is 0 Å². The first-order valence-corrected chi connectivity index (χ1v) is 7.96. The molecule has 0 atom stereocenters. The number of carbonyl (C=O) groups is 1. The van der Waals surface area contributed by atoms with E-state index in [-0.39, 0.29) is 5.91 Å². The highest BCUT2D eigenvalue weighted by Gasteiger charge is 2.06. The van der Waals surface area contributed by atoms with Crippen molar-refractivity contribution in [2.75, 3.05) is 0 Å². The van der Waals surface area contributed by atoms with Gasteiger partial charge in [0.1, 0.15) is 0 Å². The summed E-state index contributed by atoms with van der Waals surface area (Å²) in [4.78, 5) is 20.8. The molecule has 0 bridgehead atoms. The topological polar surface area (TPSA) is 63.6 Å². The third kappa shape index (κ3) is 5.35. The van der Waals surface area contributed by atoms with Gasteiger partial charge in [-0.15, -0.1) is 0 Å². The lowest BCUT2D eigenvalue weighted by molar-refractivity contribution is -0.119. The van der Waals surface area contributed by atoms with Gasteiger partial charge in [0, 0.05) is 24.2 Å². The number of aryl methyl sites for hydroxylation is 1. The number of carbonyl (C=O) groups excluding carboxylic acids is 1. The molecule has 1 aromatic heterocycles. The summed E-state index contributed by atoms with van der Waals surface area (Å²) in [5, 5.41) is 7.47. The lowest BCUT2D eigenvalue weighted by Gasteiger charge is -2.08. The third-order valence-electron chi connectivity index (χ3n) is 3.35. The van der Waals surface area contributed by atoms with Crippen molar-refractivity contribution in [3.05, 3.63) is 63.9 Å². The second kappa shape index (κ2) is 8.45. The molecule has 2 rings (SSSR count). The van der Waals surface area contributed by atoms with Gasteiger partial charge in [-0.2, -0.15) is 0 Å². The van der Waals surface area contributed by atoms with Crippen molar-refractivity contribution in [3.8, 4) is 0 Å². The third-order valence-corrected chi connectivity index (χ3v) is 3.72. The van der Waals surface area contributed by atoms with Gasteiger partial charge < -0.3 is 10.2 Å². The SMILES string of the molecule is CC(=O)NCc1cc(C(C)=NOCc2cccc(C)n2)ccc1Cl. The van der Waals surface area contributed by atoms with Crippen LogP contribution in [0, 0.1) is 6.92 Å². The van der Waals surface area contributed by atoms with Crippen molar-refractivity contribution in [2.45, 2.75) is 33.9 Å². The number of benzene rings is 1. The molecule has 1 heterocycles. The maximum Gasteiger partial charge on any atom is 0.217 e. The van der Waals surface area contributed by atoms with Crippen LogP contribution in [-0.2, 0) is 22.8 Å². The summed E-state index contributed by atoms with van der Waals surface area (Å²) in [6, 6.07) is 11.3. The molecule has 0 aliphatic rings. The van der Waals surface area contributed by atoms with E-state index in [0.29, 0.717) is 18.2 Å². The average molecular weight is 346 g/mol. The fourth-order valence-corrected chi connectivity index (χ4v) is 2.27. The second-order valence-electron chi connectivity index (χ2n) is 5.44. The number of oxime groups is 1. The number of rotatable bonds is 6. The van der Waals surface area contributed by atoms with Gasteiger partial charge in [-0.05, 0) is 49.2 Å². The van der Waals surface area contributed by atoms with Crippen LogP contribution in [0.4, 0.5) is 0 Å². The molecule has 0 saturated carbocycles. The quantitative estimate of drug-likeness (QED) is 0.642. The fourth-order valence-electron chi connectivity index (χ4n) is 2.08. The predicted octanol–water partition coefficient (Wildman–Crippen LogP) is 3.62. The molecule has 6 heteroatoms. The van der Waals surface area contributed by atoms with Crippen LogP contribution in [0.2, 0.25) is 5.02 Å². The first kappa shape index (κ1) is 17.9. The maximum absolute atomic E-state index is 11.0. The average Bonchev–Trinajstić information content (AvgIpc) is 2.54. The molecule has 0 aliphatic carbocycles. The Kier molecular flexibility index (Phi) is 6.32. The number of hydrogen-bond donors (Lipinski definition) is 1. The zero-order valence-electron chi connectivity index (χ0n) is 14.0. The molecule has 0 spiro atoms. The van der Waals surface area contributed by atoms with E-state index in [9.17, 15) is 4.79 Å². The molecule has 0 saturated heterocycles. The zero-order chi connectivity index (χ0) is 17.5. The van der Waals surface area contributed by atoms with Crippen molar-refractivity contribution < 1.29 is 9.63 Å². The first-order valence-electron chi connectivity index (χ1n) is 7.58. The van der Waals surface area contributed by atoms with Crippen LogP contribution in [0.15, 0.2) is 41.6 Å². The maximum atomic E-state index is 11.0. The van der Waals surface area contributed by atoms with E-state index >= 15 is 0 Å². The van der Waals surface area contributed by atoms with Crippen LogP contribution in [0.25, 0.3) is 0 Å². The van der Waals surface area contributed by atoms with E-state index in [1.54, 1.807) is 6.07 Å². The summed E-state index contributed by atoms with van der Waals surface area (Å²) >= 11 is 6.15. The first-order chi connectivity index (χ1) is 11.5. The van der Waals surface area contributed by atoms with Crippen LogP contribution < -0.4 is 5.32 Å². The number of hydrogen-bond acceptors (Lipinski definition) is 4. The van der Waals surface area contributed by atoms with E-state index in [1.807, 2.05) is 44.2 Å². The van der Waals surface area contributed by atoms with Crippen LogP contribution in [-0.4, -0.2) is 16.6 Å². The van der Waals surface area contributed by atoms with Crippen molar-refractivity contribution in [2.24, 2.45) is 5.16 Å². The molecule has 2 aromatic rings. The number of amides is 1. The monoisotopic (exact) mass is 345 g/mol. The number of pyridine rings is 1. The molecular weight excluding hydrogens is 326 g/mol. The summed E-state index contributed by atoms with van der Waals surface area (Å²) in [7, 11) is 0. The minimum atomic E-state index is -0.101. The predicted molar refractivity (Wildman–Crippen MR) is 94.9 cm³/mol. The molecule has 0 radical (unpaired) electrons. The number of aromatic nitrogens is 1. The number of nitrogens with one attached hydrogen (secondary N) is 1. The van der Waals surface area contributed by atoms with E-state index < -0.39 is 0 Å². The van der Waals surface area contributed by atoms with Crippen LogP contribution in [0.5, 0.6) is 0 Å². The molecule has 0 aliphatic heterocycles. The van der Waals surface area contributed by atoms with Gasteiger partial charge in [0.25, 0.3) is 0 Å². The Labute approximate surface area is 146 Å². The molecule has 1 N–H and O–H groups in total. The van der Waals surface area contributed by atoms with Gasteiger partial charge in [-0.25, -0.2) is 0 Å². The summed E-state index contributed by atoms with van der Waals surface area (Å²) in [5.41, 5.74) is 4.21. The van der Waals surface area contributed by atoms with Crippen molar-refractivity contribution >= 4 is 23.2 Å². The highest BCUT2D eigenvalue weighted by molar-refractivity contribution is 6.31. The Hall–Kier alpha value is -2.40. The largest absolute Gasteiger partial charge is 0.389 e. The van der Waals surface area contributed by atoms with Crippen molar-refractivity contribution in [1.29, 1.82) is 0 Å². The summed E-state index contributed by atoms with van der Waals surface area (Å²) in [6.45, 7) is 5.95. The molecule has 0 fully saturated rings. The second-order valence-corrected chi connectivity index (χ2v) is 5.84. The highest BCUT2D eigenvalue weighted by atomic mass is 35.5. The smallest absolute Gasteiger partial charge is 0.217 e. The fraction of sp³-hybridized carbons (Fsp3) is 0.278. The Morgan fingerprint density at radius 3 is 2.79 bits per heavy atom. The van der Waals surface area contributed by atoms with Gasteiger partial charge in [0.05, 0.1) is 11.4 Å². The number of nitrogens with zero attached hydrogens (tertiary/aromatic N) is 2. The van der Waals surface area contributed by atoms with Crippen LogP contribution >= 0.6 is 11.6 Å². The van der Waals surface area contributed by atoms with Crippen LogP contribution in [0.3, 0.4) is 0 Å². The normalized spacial score (nSPS) is 11.2. The molecule has 24 heavy (non-hydrogen) atoms. The van der Waals surface area contributed by atoms with Gasteiger partial charge >= 0.3 is 0 Å². The highest BCUT2D eigenvalue weighted by Crippen LogP contribution is 2.18. The van der Waals surface area contributed by atoms with Crippen LogP contribution in [0.1, 0.15) is 36.4 Å². The van der Waals surface area contributed by atoms with E-state index in [1.165, 1.54) is 6.92 Å². The molecule has 1 aromatic carbocycles. The van der Waals surface area contributed by atoms with Crippen molar-refractivity contribution in [1.82, 2.24) is 10.3 Å². The van der Waals surface area contributed by atoms with E-state index in [2.05, 4.69) is 15.5 Å². The Morgan fingerprint density at radius 2 is 2.08 bits per heavy atom. The molecule has 1 amide bonds. The summed E-state index contributed by atoms with van der Waals surface area (Å²) < 4.78 is 0.